The summed E-state index contributed by atoms with van der Waals surface area (Å²) in [5.41, 5.74) is 1.98. The Labute approximate surface area is 177 Å². The highest BCUT2D eigenvalue weighted by Crippen LogP contribution is 2.19. The van der Waals surface area contributed by atoms with Gasteiger partial charge in [-0.1, -0.05) is 53.7 Å². The van der Waals surface area contributed by atoms with Crippen molar-refractivity contribution >= 4 is 34.5 Å². The lowest BCUT2D eigenvalue weighted by molar-refractivity contribution is -0.255. The summed E-state index contributed by atoms with van der Waals surface area (Å²) in [4.78, 5) is 40.6. The van der Waals surface area contributed by atoms with Gasteiger partial charge in [0.2, 0.25) is 5.91 Å². The van der Waals surface area contributed by atoms with E-state index in [1.165, 1.54) is 22.8 Å². The average molecular weight is 422 g/mol. The third kappa shape index (κ3) is 4.96. The van der Waals surface area contributed by atoms with Crippen LogP contribution in [0, 0.1) is 6.92 Å². The van der Waals surface area contributed by atoms with Gasteiger partial charge < -0.3 is 15.2 Å². The predicted molar refractivity (Wildman–Crippen MR) is 114 cm³/mol. The molecule has 2 aromatic carbocycles. The van der Waals surface area contributed by atoms with Crippen LogP contribution < -0.4 is 16.0 Å². The van der Waals surface area contributed by atoms with E-state index in [9.17, 15) is 19.5 Å². The number of aromatic carboxylic acids is 1. The first kappa shape index (κ1) is 21.3. The first-order chi connectivity index (χ1) is 14.4. The summed E-state index contributed by atoms with van der Waals surface area (Å²) in [6.07, 6.45) is 1.56. The van der Waals surface area contributed by atoms with Gasteiger partial charge in [-0.05, 0) is 30.2 Å². The van der Waals surface area contributed by atoms with Gasteiger partial charge >= 0.3 is 0 Å². The maximum absolute atomic E-state index is 12.8. The SMILES string of the molecule is C=CCn1c(SCC(=O)NCc2ccc(C)cc2)nc2cc(C(=O)[O-])ccc2c1=O. The van der Waals surface area contributed by atoms with Crippen molar-refractivity contribution in [2.45, 2.75) is 25.2 Å². The maximum atomic E-state index is 12.8. The third-order valence-electron chi connectivity index (χ3n) is 4.41. The van der Waals surface area contributed by atoms with Crippen molar-refractivity contribution in [1.29, 1.82) is 0 Å². The van der Waals surface area contributed by atoms with Gasteiger partial charge in [0, 0.05) is 13.1 Å². The zero-order valence-corrected chi connectivity index (χ0v) is 17.2. The summed E-state index contributed by atoms with van der Waals surface area (Å²) in [6.45, 7) is 6.27. The monoisotopic (exact) mass is 422 g/mol. The standard InChI is InChI=1S/C22H21N3O4S/c1-3-10-25-20(27)17-9-8-16(21(28)29)11-18(17)24-22(25)30-13-19(26)23-12-15-6-4-14(2)5-7-15/h3-9,11H,1,10,12-13H2,2H3,(H,23,26)(H,28,29)/p-1. The second-order valence-corrected chi connectivity index (χ2v) is 7.61. The molecule has 0 unspecified atom stereocenters. The van der Waals surface area contributed by atoms with E-state index >= 15 is 0 Å². The fourth-order valence-electron chi connectivity index (χ4n) is 2.82. The molecule has 7 nitrogen and oxygen atoms in total. The number of benzene rings is 2. The Bertz CT molecular complexity index is 1170. The first-order valence-corrected chi connectivity index (χ1v) is 10.2. The van der Waals surface area contributed by atoms with E-state index in [0.29, 0.717) is 11.7 Å². The number of aryl methyl sites for hydroxylation is 1. The van der Waals surface area contributed by atoms with E-state index in [1.807, 2.05) is 31.2 Å². The van der Waals surface area contributed by atoms with Crippen molar-refractivity contribution in [2.24, 2.45) is 0 Å². The largest absolute Gasteiger partial charge is 0.545 e. The van der Waals surface area contributed by atoms with Crippen molar-refractivity contribution in [1.82, 2.24) is 14.9 Å². The number of hydrogen-bond donors (Lipinski definition) is 1. The minimum Gasteiger partial charge on any atom is -0.545 e. The minimum absolute atomic E-state index is 0.0567. The van der Waals surface area contributed by atoms with Gasteiger partial charge in [-0.25, -0.2) is 4.98 Å². The molecule has 1 amide bonds. The van der Waals surface area contributed by atoms with Gasteiger partial charge in [-0.15, -0.1) is 6.58 Å². The number of rotatable bonds is 8. The molecule has 0 saturated carbocycles. The highest BCUT2D eigenvalue weighted by atomic mass is 32.2. The summed E-state index contributed by atoms with van der Waals surface area (Å²) in [5, 5.41) is 14.5. The Morgan fingerprint density at radius 2 is 1.97 bits per heavy atom. The number of aromatic nitrogens is 2. The molecular formula is C22H20N3O4S-. The molecule has 154 valence electrons. The number of carbonyl (C=O) groups excluding carboxylic acids is 2. The number of hydrogen-bond acceptors (Lipinski definition) is 6. The number of allylic oxidation sites excluding steroid dienone is 1. The van der Waals surface area contributed by atoms with E-state index in [0.717, 1.165) is 22.9 Å². The molecule has 1 aromatic heterocycles. The second kappa shape index (κ2) is 9.41. The zero-order chi connectivity index (χ0) is 21.7. The Morgan fingerprint density at radius 3 is 2.63 bits per heavy atom. The van der Waals surface area contributed by atoms with Gasteiger partial charge in [0.15, 0.2) is 5.16 Å². The maximum Gasteiger partial charge on any atom is 0.262 e. The highest BCUT2D eigenvalue weighted by molar-refractivity contribution is 7.99. The number of fused-ring (bicyclic) bond motifs is 1. The molecule has 0 bridgehead atoms. The Kier molecular flexibility index (Phi) is 6.68. The molecule has 0 saturated heterocycles. The van der Waals surface area contributed by atoms with Crippen LogP contribution in [-0.2, 0) is 17.9 Å². The molecule has 30 heavy (non-hydrogen) atoms. The van der Waals surface area contributed by atoms with Gasteiger partial charge in [-0.3, -0.25) is 14.2 Å². The lowest BCUT2D eigenvalue weighted by Gasteiger charge is -2.12. The third-order valence-corrected chi connectivity index (χ3v) is 5.39. The molecule has 0 atom stereocenters. The molecule has 1 N–H and O–H groups in total. The minimum atomic E-state index is -1.35. The smallest absolute Gasteiger partial charge is 0.262 e. The summed E-state index contributed by atoms with van der Waals surface area (Å²) in [7, 11) is 0. The first-order valence-electron chi connectivity index (χ1n) is 9.21. The Morgan fingerprint density at radius 1 is 1.23 bits per heavy atom. The predicted octanol–water partition coefficient (Wildman–Crippen LogP) is 1.66. The van der Waals surface area contributed by atoms with Crippen molar-refractivity contribution in [3.05, 3.63) is 82.2 Å². The number of nitrogens with zero attached hydrogens (tertiary/aromatic N) is 2. The van der Waals surface area contributed by atoms with E-state index in [4.69, 9.17) is 0 Å². The van der Waals surface area contributed by atoms with Crippen LogP contribution in [0.3, 0.4) is 0 Å². The second-order valence-electron chi connectivity index (χ2n) is 6.67. The highest BCUT2D eigenvalue weighted by Gasteiger charge is 2.13. The van der Waals surface area contributed by atoms with Gasteiger partial charge in [0.05, 0.1) is 22.6 Å². The van der Waals surface area contributed by atoms with Crippen LogP contribution in [-0.4, -0.2) is 27.2 Å². The zero-order valence-electron chi connectivity index (χ0n) is 16.4. The lowest BCUT2D eigenvalue weighted by Crippen LogP contribution is -2.27. The van der Waals surface area contributed by atoms with Crippen LogP contribution in [0.25, 0.3) is 10.9 Å². The molecule has 0 fully saturated rings. The molecule has 0 radical (unpaired) electrons. The van der Waals surface area contributed by atoms with E-state index in [1.54, 1.807) is 6.08 Å². The molecule has 0 aliphatic heterocycles. The van der Waals surface area contributed by atoms with Crippen molar-refractivity contribution in [2.75, 3.05) is 5.75 Å². The summed E-state index contributed by atoms with van der Waals surface area (Å²) < 4.78 is 1.41. The number of amides is 1. The number of carboxylic acid groups (broad SMARTS) is 1. The quantitative estimate of drug-likeness (QED) is 0.336. The Hall–Kier alpha value is -3.39. The molecule has 0 spiro atoms. The average Bonchev–Trinajstić information content (AvgIpc) is 2.73. The normalized spacial score (nSPS) is 10.7. The molecule has 8 heteroatoms. The van der Waals surface area contributed by atoms with Crippen LogP contribution in [0.4, 0.5) is 0 Å². The van der Waals surface area contributed by atoms with E-state index in [-0.39, 0.29) is 40.2 Å². The molecule has 3 aromatic rings. The van der Waals surface area contributed by atoms with E-state index in [2.05, 4.69) is 16.9 Å². The fourth-order valence-corrected chi connectivity index (χ4v) is 3.65. The summed E-state index contributed by atoms with van der Waals surface area (Å²) in [6, 6.07) is 11.9. The molecular weight excluding hydrogens is 402 g/mol. The van der Waals surface area contributed by atoms with Crippen LogP contribution in [0.1, 0.15) is 21.5 Å². The molecule has 0 aliphatic rings. The van der Waals surface area contributed by atoms with Gasteiger partial charge in [-0.2, -0.15) is 0 Å². The van der Waals surface area contributed by atoms with Crippen LogP contribution in [0.5, 0.6) is 0 Å². The number of carboxylic acids is 1. The van der Waals surface area contributed by atoms with Crippen molar-refractivity contribution in [3.8, 4) is 0 Å². The molecule has 0 aliphatic carbocycles. The number of thioether (sulfide) groups is 1. The molecule has 3 rings (SSSR count). The van der Waals surface area contributed by atoms with Crippen LogP contribution in [0.2, 0.25) is 0 Å². The lowest BCUT2D eigenvalue weighted by atomic mass is 10.1. The van der Waals surface area contributed by atoms with Crippen LogP contribution >= 0.6 is 11.8 Å². The number of nitrogens with one attached hydrogen (secondary N) is 1. The topological polar surface area (TPSA) is 104 Å². The fraction of sp³-hybridized carbons (Fsp3) is 0.182. The van der Waals surface area contributed by atoms with Crippen molar-refractivity contribution in [3.63, 3.8) is 0 Å². The Balaban J connectivity index is 1.79. The summed E-state index contributed by atoms with van der Waals surface area (Å²) in [5.74, 6) is -1.50. The van der Waals surface area contributed by atoms with Crippen molar-refractivity contribution < 1.29 is 14.7 Å². The van der Waals surface area contributed by atoms with Crippen LogP contribution in [0.15, 0.2) is 65.1 Å². The van der Waals surface area contributed by atoms with Gasteiger partial charge in [0.25, 0.3) is 5.56 Å². The van der Waals surface area contributed by atoms with Gasteiger partial charge in [0.1, 0.15) is 0 Å². The van der Waals surface area contributed by atoms with E-state index < -0.39 is 5.97 Å². The summed E-state index contributed by atoms with van der Waals surface area (Å²) >= 11 is 1.10. The number of carbonyl (C=O) groups is 2. The molecule has 1 heterocycles.